The molecule has 3 heterocycles. The first kappa shape index (κ1) is 15.5. The van der Waals surface area contributed by atoms with Crippen molar-refractivity contribution < 1.29 is 4.79 Å². The lowest BCUT2D eigenvalue weighted by Gasteiger charge is -2.32. The summed E-state index contributed by atoms with van der Waals surface area (Å²) < 4.78 is 1.87. The maximum Gasteiger partial charge on any atom is 0.254 e. The maximum atomic E-state index is 11.6. The van der Waals surface area contributed by atoms with Gasteiger partial charge in [0.05, 0.1) is 11.8 Å². The second kappa shape index (κ2) is 6.76. The van der Waals surface area contributed by atoms with Gasteiger partial charge >= 0.3 is 0 Å². The Bertz CT molecular complexity index is 675. The molecule has 0 unspecified atom stereocenters. The Hall–Kier alpha value is -2.44. The zero-order chi connectivity index (χ0) is 16.2. The number of aromatic nitrogens is 4. The first-order valence-corrected chi connectivity index (χ1v) is 7.95. The predicted molar refractivity (Wildman–Crippen MR) is 87.3 cm³/mol. The molecule has 1 saturated heterocycles. The number of anilines is 1. The van der Waals surface area contributed by atoms with Crippen molar-refractivity contribution in [3.05, 3.63) is 36.0 Å². The van der Waals surface area contributed by atoms with Gasteiger partial charge in [0, 0.05) is 39.1 Å². The van der Waals surface area contributed by atoms with Crippen molar-refractivity contribution in [2.45, 2.75) is 26.3 Å². The topological polar surface area (TPSA) is 75.9 Å². The van der Waals surface area contributed by atoms with Crippen LogP contribution in [-0.2, 0) is 6.54 Å². The van der Waals surface area contributed by atoms with E-state index in [2.05, 4.69) is 25.3 Å². The summed E-state index contributed by atoms with van der Waals surface area (Å²) in [6.07, 6.45) is 7.45. The molecule has 1 fully saturated rings. The lowest BCUT2D eigenvalue weighted by Crippen LogP contribution is -2.35. The largest absolute Gasteiger partial charge is 0.356 e. The van der Waals surface area contributed by atoms with E-state index in [1.165, 1.54) is 0 Å². The molecule has 0 aromatic carbocycles. The average Bonchev–Trinajstić information content (AvgIpc) is 3.03. The molecule has 2 aromatic heterocycles. The smallest absolute Gasteiger partial charge is 0.254 e. The molecule has 0 atom stereocenters. The molecule has 0 radical (unpaired) electrons. The highest BCUT2D eigenvalue weighted by atomic mass is 16.1. The molecule has 1 N–H and O–H groups in total. The molecule has 7 nitrogen and oxygen atoms in total. The fourth-order valence-electron chi connectivity index (χ4n) is 2.95. The number of rotatable bonds is 4. The van der Waals surface area contributed by atoms with E-state index in [0.29, 0.717) is 11.5 Å². The highest BCUT2D eigenvalue weighted by Crippen LogP contribution is 2.22. The van der Waals surface area contributed by atoms with Gasteiger partial charge in [0.25, 0.3) is 5.91 Å². The molecule has 0 spiro atoms. The average molecular weight is 314 g/mol. The monoisotopic (exact) mass is 314 g/mol. The number of piperidine rings is 1. The van der Waals surface area contributed by atoms with Crippen molar-refractivity contribution in [2.24, 2.45) is 5.92 Å². The van der Waals surface area contributed by atoms with Crippen molar-refractivity contribution in [1.29, 1.82) is 0 Å². The summed E-state index contributed by atoms with van der Waals surface area (Å²) in [5, 5.41) is 6.91. The number of carbonyl (C=O) groups excluding carboxylic acids is 1. The number of hydrogen-bond donors (Lipinski definition) is 1. The molecular weight excluding hydrogens is 292 g/mol. The summed E-state index contributed by atoms with van der Waals surface area (Å²) in [4.78, 5) is 22.5. The van der Waals surface area contributed by atoms with Crippen LogP contribution in [-0.4, -0.2) is 45.8 Å². The quantitative estimate of drug-likeness (QED) is 0.919. The third-order valence-electron chi connectivity index (χ3n) is 4.27. The van der Waals surface area contributed by atoms with Crippen LogP contribution in [0.4, 0.5) is 5.82 Å². The van der Waals surface area contributed by atoms with Crippen molar-refractivity contribution in [2.75, 3.05) is 25.0 Å². The van der Waals surface area contributed by atoms with Gasteiger partial charge in [-0.25, -0.2) is 9.97 Å². The highest BCUT2D eigenvalue weighted by molar-refractivity contribution is 5.93. The van der Waals surface area contributed by atoms with Crippen LogP contribution >= 0.6 is 0 Å². The number of amides is 1. The van der Waals surface area contributed by atoms with Crippen molar-refractivity contribution >= 4 is 11.7 Å². The molecular formula is C16H22N6O. The molecule has 0 aliphatic carbocycles. The van der Waals surface area contributed by atoms with Crippen LogP contribution in [0.5, 0.6) is 0 Å². The predicted octanol–water partition coefficient (Wildman–Crippen LogP) is 1.26. The summed E-state index contributed by atoms with van der Waals surface area (Å²) in [6.45, 7) is 4.75. The zero-order valence-electron chi connectivity index (χ0n) is 13.6. The summed E-state index contributed by atoms with van der Waals surface area (Å²) in [7, 11) is 1.63. The molecule has 7 heteroatoms. The lowest BCUT2D eigenvalue weighted by molar-refractivity contribution is 0.0963. The van der Waals surface area contributed by atoms with Gasteiger partial charge in [-0.15, -0.1) is 0 Å². The molecule has 3 rings (SSSR count). The molecule has 1 aliphatic rings. The van der Waals surface area contributed by atoms with E-state index in [9.17, 15) is 4.79 Å². The van der Waals surface area contributed by atoms with Crippen molar-refractivity contribution in [1.82, 2.24) is 25.1 Å². The van der Waals surface area contributed by atoms with E-state index in [4.69, 9.17) is 0 Å². The SMILES string of the molecule is CNC(=O)c1cnn(CC2CCN(c3ccnc(C)n3)CC2)c1. The Kier molecular flexibility index (Phi) is 4.55. The standard InChI is InChI=1S/C16H22N6O/c1-12-18-6-3-15(20-12)21-7-4-13(5-8-21)10-22-11-14(9-19-22)16(23)17-2/h3,6,9,11,13H,4-5,7-8,10H2,1-2H3,(H,17,23). The van der Waals surface area contributed by atoms with Gasteiger partial charge < -0.3 is 10.2 Å². The van der Waals surface area contributed by atoms with Gasteiger partial charge in [-0.2, -0.15) is 5.10 Å². The molecule has 23 heavy (non-hydrogen) atoms. The van der Waals surface area contributed by atoms with Crippen LogP contribution in [0.15, 0.2) is 24.7 Å². The van der Waals surface area contributed by atoms with Gasteiger partial charge in [0.1, 0.15) is 11.6 Å². The fourth-order valence-corrected chi connectivity index (χ4v) is 2.95. The van der Waals surface area contributed by atoms with E-state index in [-0.39, 0.29) is 5.91 Å². The third kappa shape index (κ3) is 3.67. The van der Waals surface area contributed by atoms with E-state index in [1.54, 1.807) is 13.2 Å². The lowest BCUT2D eigenvalue weighted by atomic mass is 9.97. The van der Waals surface area contributed by atoms with Gasteiger partial charge in [-0.3, -0.25) is 9.48 Å². The van der Waals surface area contributed by atoms with Crippen LogP contribution in [0, 0.1) is 12.8 Å². The summed E-state index contributed by atoms with van der Waals surface area (Å²) in [5.41, 5.74) is 0.612. The molecule has 0 saturated carbocycles. The van der Waals surface area contributed by atoms with Gasteiger partial charge in [-0.05, 0) is 31.7 Å². The molecule has 0 bridgehead atoms. The van der Waals surface area contributed by atoms with Crippen molar-refractivity contribution in [3.63, 3.8) is 0 Å². The second-order valence-corrected chi connectivity index (χ2v) is 5.92. The van der Waals surface area contributed by atoms with Crippen LogP contribution in [0.2, 0.25) is 0 Å². The Morgan fingerprint density at radius 1 is 1.39 bits per heavy atom. The van der Waals surface area contributed by atoms with E-state index < -0.39 is 0 Å². The number of hydrogen-bond acceptors (Lipinski definition) is 5. The minimum atomic E-state index is -0.0924. The summed E-state index contributed by atoms with van der Waals surface area (Å²) >= 11 is 0. The Balaban J connectivity index is 1.55. The number of nitrogens with zero attached hydrogens (tertiary/aromatic N) is 5. The molecule has 122 valence electrons. The Morgan fingerprint density at radius 3 is 2.87 bits per heavy atom. The fraction of sp³-hybridized carbons (Fsp3) is 0.500. The number of carbonyl (C=O) groups is 1. The third-order valence-corrected chi connectivity index (χ3v) is 4.27. The minimum absolute atomic E-state index is 0.0924. The van der Waals surface area contributed by atoms with Crippen molar-refractivity contribution in [3.8, 4) is 0 Å². The van der Waals surface area contributed by atoms with Crippen LogP contribution in [0.3, 0.4) is 0 Å². The first-order valence-electron chi connectivity index (χ1n) is 7.95. The van der Waals surface area contributed by atoms with Crippen LogP contribution in [0.1, 0.15) is 29.0 Å². The van der Waals surface area contributed by atoms with E-state index >= 15 is 0 Å². The second-order valence-electron chi connectivity index (χ2n) is 5.92. The summed E-state index contributed by atoms with van der Waals surface area (Å²) in [5.74, 6) is 2.30. The Morgan fingerprint density at radius 2 is 2.17 bits per heavy atom. The number of nitrogens with one attached hydrogen (secondary N) is 1. The summed E-state index contributed by atoms with van der Waals surface area (Å²) in [6, 6.07) is 1.97. The molecule has 2 aromatic rings. The number of aryl methyl sites for hydroxylation is 1. The van der Waals surface area contributed by atoms with E-state index in [0.717, 1.165) is 44.1 Å². The minimum Gasteiger partial charge on any atom is -0.356 e. The molecule has 1 aliphatic heterocycles. The van der Waals surface area contributed by atoms with Crippen LogP contribution < -0.4 is 10.2 Å². The maximum absolute atomic E-state index is 11.6. The Labute approximate surface area is 135 Å². The van der Waals surface area contributed by atoms with Crippen LogP contribution in [0.25, 0.3) is 0 Å². The first-order chi connectivity index (χ1) is 11.2. The van der Waals surface area contributed by atoms with Gasteiger partial charge in [0.2, 0.25) is 0 Å². The zero-order valence-corrected chi connectivity index (χ0v) is 13.6. The highest BCUT2D eigenvalue weighted by Gasteiger charge is 2.21. The van der Waals surface area contributed by atoms with Gasteiger partial charge in [-0.1, -0.05) is 0 Å². The van der Waals surface area contributed by atoms with Gasteiger partial charge in [0.15, 0.2) is 0 Å². The van der Waals surface area contributed by atoms with E-state index in [1.807, 2.05) is 30.1 Å². The normalized spacial score (nSPS) is 15.7. The molecule has 1 amide bonds.